The van der Waals surface area contributed by atoms with E-state index in [1.54, 1.807) is 0 Å². The number of fused-ring (bicyclic) bond motifs is 1. The Hall–Kier alpha value is -1.57. The molecule has 21 heavy (non-hydrogen) atoms. The molecule has 0 saturated heterocycles. The van der Waals surface area contributed by atoms with E-state index in [4.69, 9.17) is 0 Å². The second-order valence-electron chi connectivity index (χ2n) is 5.80. The summed E-state index contributed by atoms with van der Waals surface area (Å²) < 4.78 is 0. The average molecular weight is 284 g/mol. The van der Waals surface area contributed by atoms with Crippen molar-refractivity contribution in [2.45, 2.75) is 58.3 Å². The van der Waals surface area contributed by atoms with E-state index >= 15 is 0 Å². The molecule has 1 heterocycles. The SMILES string of the molecule is CCCCCCCCCCNc1cccc2ccncc12. The standard InChI is InChI=1S/C19H28N2/c1-2-3-4-5-6-7-8-9-14-21-19-12-10-11-17-13-15-20-16-18(17)19/h10-13,15-16,21H,2-9,14H2,1H3. The molecule has 2 nitrogen and oxygen atoms in total. The molecule has 0 fully saturated rings. The molecule has 0 atom stereocenters. The van der Waals surface area contributed by atoms with Crippen molar-refractivity contribution in [1.82, 2.24) is 4.98 Å². The van der Waals surface area contributed by atoms with Gasteiger partial charge in [-0.2, -0.15) is 0 Å². The smallest absolute Gasteiger partial charge is 0.0435 e. The maximum atomic E-state index is 4.23. The molecule has 114 valence electrons. The summed E-state index contributed by atoms with van der Waals surface area (Å²) in [6.45, 7) is 3.33. The number of hydrogen-bond acceptors (Lipinski definition) is 2. The summed E-state index contributed by atoms with van der Waals surface area (Å²) in [5, 5.41) is 6.04. The molecule has 0 aliphatic heterocycles. The minimum Gasteiger partial charge on any atom is -0.384 e. The first-order chi connectivity index (χ1) is 10.4. The van der Waals surface area contributed by atoms with Gasteiger partial charge in [-0.25, -0.2) is 0 Å². The van der Waals surface area contributed by atoms with Crippen molar-refractivity contribution in [1.29, 1.82) is 0 Å². The molecule has 2 rings (SSSR count). The van der Waals surface area contributed by atoms with Crippen LogP contribution in [0.25, 0.3) is 10.8 Å². The lowest BCUT2D eigenvalue weighted by Crippen LogP contribution is -2.02. The van der Waals surface area contributed by atoms with Gasteiger partial charge in [-0.3, -0.25) is 4.98 Å². The van der Waals surface area contributed by atoms with Crippen LogP contribution in [0.3, 0.4) is 0 Å². The van der Waals surface area contributed by atoms with Crippen LogP contribution in [0.2, 0.25) is 0 Å². The minimum atomic E-state index is 1.06. The van der Waals surface area contributed by atoms with E-state index in [1.165, 1.54) is 67.8 Å². The molecule has 2 heteroatoms. The Labute approximate surface area is 129 Å². The van der Waals surface area contributed by atoms with Gasteiger partial charge in [0.1, 0.15) is 0 Å². The van der Waals surface area contributed by atoms with Gasteiger partial charge in [-0.15, -0.1) is 0 Å². The summed E-state index contributed by atoms with van der Waals surface area (Å²) in [5.41, 5.74) is 1.21. The molecular weight excluding hydrogens is 256 g/mol. The fourth-order valence-electron chi connectivity index (χ4n) is 2.75. The zero-order chi connectivity index (χ0) is 14.8. The predicted octanol–water partition coefficient (Wildman–Crippen LogP) is 5.79. The van der Waals surface area contributed by atoms with Crippen molar-refractivity contribution in [2.24, 2.45) is 0 Å². The summed E-state index contributed by atoms with van der Waals surface area (Å²) in [7, 11) is 0. The molecule has 1 aromatic carbocycles. The van der Waals surface area contributed by atoms with Crippen LogP contribution in [0, 0.1) is 0 Å². The zero-order valence-electron chi connectivity index (χ0n) is 13.3. The third-order valence-electron chi connectivity index (χ3n) is 4.03. The molecule has 2 aromatic rings. The monoisotopic (exact) mass is 284 g/mol. The topological polar surface area (TPSA) is 24.9 Å². The molecule has 0 unspecified atom stereocenters. The Morgan fingerprint density at radius 2 is 1.67 bits per heavy atom. The minimum absolute atomic E-state index is 1.06. The number of unbranched alkanes of at least 4 members (excludes halogenated alkanes) is 7. The molecule has 0 aliphatic carbocycles. The maximum Gasteiger partial charge on any atom is 0.0435 e. The lowest BCUT2D eigenvalue weighted by molar-refractivity contribution is 0.581. The van der Waals surface area contributed by atoms with E-state index in [1.807, 2.05) is 12.4 Å². The largest absolute Gasteiger partial charge is 0.384 e. The first kappa shape index (κ1) is 15.8. The van der Waals surface area contributed by atoms with Crippen LogP contribution >= 0.6 is 0 Å². The first-order valence-electron chi connectivity index (χ1n) is 8.48. The fraction of sp³-hybridized carbons (Fsp3) is 0.526. The maximum absolute atomic E-state index is 4.23. The molecular formula is C19H28N2. The lowest BCUT2D eigenvalue weighted by Gasteiger charge is -2.09. The number of nitrogens with one attached hydrogen (secondary N) is 1. The van der Waals surface area contributed by atoms with E-state index in [9.17, 15) is 0 Å². The van der Waals surface area contributed by atoms with Gasteiger partial charge in [-0.05, 0) is 23.9 Å². The van der Waals surface area contributed by atoms with Gasteiger partial charge in [0.15, 0.2) is 0 Å². The van der Waals surface area contributed by atoms with Gasteiger partial charge in [0.25, 0.3) is 0 Å². The quantitative estimate of drug-likeness (QED) is 0.559. The van der Waals surface area contributed by atoms with Crippen molar-refractivity contribution in [3.8, 4) is 0 Å². The number of benzene rings is 1. The van der Waals surface area contributed by atoms with Crippen molar-refractivity contribution >= 4 is 16.5 Å². The van der Waals surface area contributed by atoms with E-state index in [-0.39, 0.29) is 0 Å². The third kappa shape index (κ3) is 5.37. The van der Waals surface area contributed by atoms with E-state index in [2.05, 4.69) is 41.5 Å². The van der Waals surface area contributed by atoms with Crippen molar-refractivity contribution in [3.63, 3.8) is 0 Å². The van der Waals surface area contributed by atoms with Crippen LogP contribution in [-0.4, -0.2) is 11.5 Å². The highest BCUT2D eigenvalue weighted by Crippen LogP contribution is 2.22. The summed E-state index contributed by atoms with van der Waals surface area (Å²) in [6, 6.07) is 8.46. The molecule has 0 bridgehead atoms. The van der Waals surface area contributed by atoms with Gasteiger partial charge in [-0.1, -0.05) is 64.0 Å². The Kier molecular flexibility index (Phi) is 7.06. The van der Waals surface area contributed by atoms with Gasteiger partial charge in [0.2, 0.25) is 0 Å². The molecule has 1 aromatic heterocycles. The summed E-state index contributed by atoms with van der Waals surface area (Å²) in [5.74, 6) is 0. The van der Waals surface area contributed by atoms with E-state index in [0.29, 0.717) is 0 Å². The lowest BCUT2D eigenvalue weighted by atomic mass is 10.1. The highest BCUT2D eigenvalue weighted by molar-refractivity contribution is 5.92. The van der Waals surface area contributed by atoms with E-state index in [0.717, 1.165) is 6.54 Å². The van der Waals surface area contributed by atoms with Crippen LogP contribution in [0.5, 0.6) is 0 Å². The third-order valence-corrected chi connectivity index (χ3v) is 4.03. The Balaban J connectivity index is 1.64. The van der Waals surface area contributed by atoms with Crippen molar-refractivity contribution in [2.75, 3.05) is 11.9 Å². The van der Waals surface area contributed by atoms with Gasteiger partial charge < -0.3 is 5.32 Å². The number of nitrogens with zero attached hydrogens (tertiary/aromatic N) is 1. The highest BCUT2D eigenvalue weighted by Gasteiger charge is 1.99. The number of hydrogen-bond donors (Lipinski definition) is 1. The van der Waals surface area contributed by atoms with Crippen molar-refractivity contribution in [3.05, 3.63) is 36.7 Å². The highest BCUT2D eigenvalue weighted by atomic mass is 14.9. The van der Waals surface area contributed by atoms with E-state index < -0.39 is 0 Å². The average Bonchev–Trinajstić information content (AvgIpc) is 2.53. The molecule has 0 spiro atoms. The number of anilines is 1. The van der Waals surface area contributed by atoms with Crippen LogP contribution < -0.4 is 5.32 Å². The van der Waals surface area contributed by atoms with Gasteiger partial charge in [0.05, 0.1) is 0 Å². The summed E-state index contributed by atoms with van der Waals surface area (Å²) in [4.78, 5) is 4.23. The Bertz CT molecular complexity index is 516. The molecule has 0 saturated carbocycles. The number of rotatable bonds is 10. The molecule has 1 N–H and O–H groups in total. The van der Waals surface area contributed by atoms with Crippen LogP contribution in [0.1, 0.15) is 58.3 Å². The number of pyridine rings is 1. The predicted molar refractivity (Wildman–Crippen MR) is 92.8 cm³/mol. The zero-order valence-corrected chi connectivity index (χ0v) is 13.3. The second-order valence-corrected chi connectivity index (χ2v) is 5.80. The number of aromatic nitrogens is 1. The molecule has 0 aliphatic rings. The fourth-order valence-corrected chi connectivity index (χ4v) is 2.75. The van der Waals surface area contributed by atoms with Gasteiger partial charge in [0, 0.05) is 30.0 Å². The van der Waals surface area contributed by atoms with Crippen molar-refractivity contribution < 1.29 is 0 Å². The van der Waals surface area contributed by atoms with Crippen LogP contribution in [0.15, 0.2) is 36.7 Å². The normalized spacial score (nSPS) is 10.9. The van der Waals surface area contributed by atoms with Crippen LogP contribution in [-0.2, 0) is 0 Å². The molecule has 0 amide bonds. The first-order valence-corrected chi connectivity index (χ1v) is 8.48. The summed E-state index contributed by atoms with van der Waals surface area (Å²) in [6.07, 6.45) is 14.7. The van der Waals surface area contributed by atoms with Gasteiger partial charge >= 0.3 is 0 Å². The second kappa shape index (κ2) is 9.38. The summed E-state index contributed by atoms with van der Waals surface area (Å²) >= 11 is 0. The Morgan fingerprint density at radius 3 is 2.48 bits per heavy atom. The Morgan fingerprint density at radius 1 is 0.905 bits per heavy atom. The van der Waals surface area contributed by atoms with Crippen LogP contribution in [0.4, 0.5) is 5.69 Å². The molecule has 0 radical (unpaired) electrons.